The highest BCUT2D eigenvalue weighted by Crippen LogP contribution is 2.27. The van der Waals surface area contributed by atoms with E-state index in [1.165, 1.54) is 15.9 Å². The number of carbonyl (C=O) groups excluding carboxylic acids is 2. The van der Waals surface area contributed by atoms with Gasteiger partial charge in [0.05, 0.1) is 0 Å². The SMILES string of the molecule is C=CCN(CC=C)C(=O)C1CCN(c2ccc(F)c(F)c2)C1=O. The molecule has 0 radical (unpaired) electrons. The quantitative estimate of drug-likeness (QED) is 0.597. The Kier molecular flexibility index (Phi) is 5.26. The van der Waals surface area contributed by atoms with Gasteiger partial charge in [-0.05, 0) is 18.6 Å². The summed E-state index contributed by atoms with van der Waals surface area (Å²) in [6.45, 7) is 8.11. The Balaban J connectivity index is 2.17. The van der Waals surface area contributed by atoms with Crippen molar-refractivity contribution >= 4 is 17.5 Å². The summed E-state index contributed by atoms with van der Waals surface area (Å²) in [6.07, 6.45) is 3.49. The summed E-state index contributed by atoms with van der Waals surface area (Å²) < 4.78 is 26.3. The molecule has 2 rings (SSSR count). The molecule has 2 amide bonds. The Hall–Kier alpha value is -2.50. The van der Waals surface area contributed by atoms with Crippen molar-refractivity contribution in [2.24, 2.45) is 5.92 Å². The molecule has 1 saturated heterocycles. The van der Waals surface area contributed by atoms with Gasteiger partial charge < -0.3 is 9.80 Å². The highest BCUT2D eigenvalue weighted by molar-refractivity contribution is 6.09. The summed E-state index contributed by atoms with van der Waals surface area (Å²) in [7, 11) is 0. The molecule has 0 saturated carbocycles. The largest absolute Gasteiger partial charge is 0.335 e. The van der Waals surface area contributed by atoms with Gasteiger partial charge in [-0.3, -0.25) is 9.59 Å². The lowest BCUT2D eigenvalue weighted by Gasteiger charge is -2.23. The van der Waals surface area contributed by atoms with E-state index in [4.69, 9.17) is 0 Å². The Morgan fingerprint density at radius 2 is 1.91 bits per heavy atom. The van der Waals surface area contributed by atoms with E-state index in [0.717, 1.165) is 12.1 Å². The molecule has 0 aromatic heterocycles. The molecule has 1 atom stereocenters. The standard InChI is InChI=1S/C17H18F2N2O2/c1-3-8-20(9-4-2)16(22)13-7-10-21(17(13)23)12-5-6-14(18)15(19)11-12/h3-6,11,13H,1-2,7-10H2. The molecule has 1 aliphatic heterocycles. The van der Waals surface area contributed by atoms with Crippen LogP contribution in [-0.4, -0.2) is 36.3 Å². The molecule has 6 heteroatoms. The minimum Gasteiger partial charge on any atom is -0.335 e. The summed E-state index contributed by atoms with van der Waals surface area (Å²) >= 11 is 0. The molecule has 0 N–H and O–H groups in total. The van der Waals surface area contributed by atoms with Gasteiger partial charge in [-0.2, -0.15) is 0 Å². The first-order valence-electron chi connectivity index (χ1n) is 7.26. The van der Waals surface area contributed by atoms with Crippen molar-refractivity contribution in [1.29, 1.82) is 0 Å². The van der Waals surface area contributed by atoms with Gasteiger partial charge in [0.15, 0.2) is 11.6 Å². The minimum absolute atomic E-state index is 0.253. The summed E-state index contributed by atoms with van der Waals surface area (Å²) in [5, 5.41) is 0. The zero-order valence-electron chi connectivity index (χ0n) is 12.7. The fraction of sp³-hybridized carbons (Fsp3) is 0.294. The molecule has 1 heterocycles. The van der Waals surface area contributed by atoms with Gasteiger partial charge in [0.2, 0.25) is 11.8 Å². The number of hydrogen-bond acceptors (Lipinski definition) is 2. The van der Waals surface area contributed by atoms with Crippen molar-refractivity contribution in [3.63, 3.8) is 0 Å². The lowest BCUT2D eigenvalue weighted by atomic mass is 10.1. The lowest BCUT2D eigenvalue weighted by molar-refractivity contribution is -0.139. The van der Waals surface area contributed by atoms with Gasteiger partial charge in [-0.15, -0.1) is 13.2 Å². The molecule has 0 bridgehead atoms. The molecular weight excluding hydrogens is 302 g/mol. The third kappa shape index (κ3) is 3.47. The number of carbonyl (C=O) groups is 2. The normalized spacial score (nSPS) is 17.2. The number of nitrogens with zero attached hydrogens (tertiary/aromatic N) is 2. The van der Waals surface area contributed by atoms with Crippen LogP contribution >= 0.6 is 0 Å². The molecule has 0 spiro atoms. The van der Waals surface area contributed by atoms with Gasteiger partial charge in [0.25, 0.3) is 0 Å². The van der Waals surface area contributed by atoms with Gasteiger partial charge >= 0.3 is 0 Å². The van der Waals surface area contributed by atoms with Crippen LogP contribution in [0.15, 0.2) is 43.5 Å². The Morgan fingerprint density at radius 3 is 2.48 bits per heavy atom. The van der Waals surface area contributed by atoms with E-state index in [9.17, 15) is 18.4 Å². The van der Waals surface area contributed by atoms with Crippen LogP contribution in [0.25, 0.3) is 0 Å². The second-order valence-corrected chi connectivity index (χ2v) is 5.25. The lowest BCUT2D eigenvalue weighted by Crippen LogP contribution is -2.40. The highest BCUT2D eigenvalue weighted by atomic mass is 19.2. The van der Waals surface area contributed by atoms with Crippen LogP contribution in [0.4, 0.5) is 14.5 Å². The maximum Gasteiger partial charge on any atom is 0.239 e. The molecule has 1 unspecified atom stereocenters. The second-order valence-electron chi connectivity index (χ2n) is 5.25. The van der Waals surface area contributed by atoms with E-state index >= 15 is 0 Å². The van der Waals surface area contributed by atoms with E-state index in [0.29, 0.717) is 19.5 Å². The first-order chi connectivity index (χ1) is 11.0. The van der Waals surface area contributed by atoms with E-state index in [1.807, 2.05) is 0 Å². The molecular formula is C17H18F2N2O2. The maximum atomic E-state index is 13.3. The first kappa shape index (κ1) is 16.9. The van der Waals surface area contributed by atoms with Crippen LogP contribution in [0.5, 0.6) is 0 Å². The first-order valence-corrected chi connectivity index (χ1v) is 7.26. The monoisotopic (exact) mass is 320 g/mol. The highest BCUT2D eigenvalue weighted by Gasteiger charge is 2.39. The van der Waals surface area contributed by atoms with Crippen molar-refractivity contribution in [1.82, 2.24) is 4.90 Å². The van der Waals surface area contributed by atoms with Gasteiger partial charge in [-0.25, -0.2) is 8.78 Å². The van der Waals surface area contributed by atoms with E-state index in [-0.39, 0.29) is 18.1 Å². The topological polar surface area (TPSA) is 40.6 Å². The van der Waals surface area contributed by atoms with Crippen molar-refractivity contribution in [2.75, 3.05) is 24.5 Å². The zero-order chi connectivity index (χ0) is 17.0. The van der Waals surface area contributed by atoms with E-state index in [1.54, 1.807) is 12.2 Å². The van der Waals surface area contributed by atoms with Crippen LogP contribution in [-0.2, 0) is 9.59 Å². The number of benzene rings is 1. The number of hydrogen-bond donors (Lipinski definition) is 0. The molecule has 1 aliphatic rings. The second kappa shape index (κ2) is 7.17. The number of rotatable bonds is 6. The summed E-state index contributed by atoms with van der Waals surface area (Å²) in [6, 6.07) is 3.26. The molecule has 4 nitrogen and oxygen atoms in total. The molecule has 1 aromatic carbocycles. The average molecular weight is 320 g/mol. The zero-order valence-corrected chi connectivity index (χ0v) is 12.7. The summed E-state index contributed by atoms with van der Waals surface area (Å²) in [5.41, 5.74) is 0.253. The van der Waals surface area contributed by atoms with Crippen molar-refractivity contribution < 1.29 is 18.4 Å². The van der Waals surface area contributed by atoms with Crippen LogP contribution in [0.3, 0.4) is 0 Å². The third-order valence-corrected chi connectivity index (χ3v) is 3.73. The van der Waals surface area contributed by atoms with Crippen molar-refractivity contribution in [2.45, 2.75) is 6.42 Å². The van der Waals surface area contributed by atoms with E-state index < -0.39 is 23.5 Å². The molecule has 1 fully saturated rings. The van der Waals surface area contributed by atoms with Crippen LogP contribution in [0, 0.1) is 17.6 Å². The van der Waals surface area contributed by atoms with Crippen LogP contribution in [0.1, 0.15) is 6.42 Å². The molecule has 1 aromatic rings. The number of amides is 2. The summed E-state index contributed by atoms with van der Waals surface area (Å²) in [4.78, 5) is 27.7. The Bertz CT molecular complexity index is 635. The predicted octanol–water partition coefficient (Wildman–Crippen LogP) is 2.52. The maximum absolute atomic E-state index is 13.3. The van der Waals surface area contributed by atoms with Crippen molar-refractivity contribution in [3.8, 4) is 0 Å². The fourth-order valence-electron chi connectivity index (χ4n) is 2.60. The van der Waals surface area contributed by atoms with E-state index in [2.05, 4.69) is 13.2 Å². The van der Waals surface area contributed by atoms with Gasteiger partial charge in [-0.1, -0.05) is 12.2 Å². The molecule has 23 heavy (non-hydrogen) atoms. The minimum atomic E-state index is -1.02. The van der Waals surface area contributed by atoms with Crippen molar-refractivity contribution in [3.05, 3.63) is 55.1 Å². The average Bonchev–Trinajstić information content (AvgIpc) is 2.91. The predicted molar refractivity (Wildman–Crippen MR) is 83.8 cm³/mol. The summed E-state index contributed by atoms with van der Waals surface area (Å²) in [5.74, 6) is -3.52. The van der Waals surface area contributed by atoms with Gasteiger partial charge in [0, 0.05) is 31.4 Å². The molecule has 0 aliphatic carbocycles. The molecule has 122 valence electrons. The van der Waals surface area contributed by atoms with Crippen LogP contribution < -0.4 is 4.90 Å². The number of halogens is 2. The smallest absolute Gasteiger partial charge is 0.239 e. The number of anilines is 1. The Labute approximate surface area is 133 Å². The third-order valence-electron chi connectivity index (χ3n) is 3.73. The van der Waals surface area contributed by atoms with Crippen LogP contribution in [0.2, 0.25) is 0 Å². The van der Waals surface area contributed by atoms with Gasteiger partial charge in [0.1, 0.15) is 5.92 Å². The fourth-order valence-corrected chi connectivity index (χ4v) is 2.60. The Morgan fingerprint density at radius 1 is 1.26 bits per heavy atom.